The van der Waals surface area contributed by atoms with Gasteiger partial charge in [0, 0.05) is 6.04 Å². The minimum Gasteiger partial charge on any atom is -0.325 e. The van der Waals surface area contributed by atoms with E-state index < -0.39 is 16.3 Å². The van der Waals surface area contributed by atoms with Crippen LogP contribution in [0.5, 0.6) is 0 Å². The average Bonchev–Trinajstić information content (AvgIpc) is 2.12. The number of hydrogen-bond donors (Lipinski definition) is 2. The highest BCUT2D eigenvalue weighted by atomic mass is 32.2. The highest BCUT2D eigenvalue weighted by Crippen LogP contribution is 2.21. The molecule has 0 aromatic heterocycles. The van der Waals surface area contributed by atoms with Crippen molar-refractivity contribution >= 4 is 10.1 Å². The van der Waals surface area contributed by atoms with Crippen molar-refractivity contribution in [2.24, 2.45) is 5.73 Å². The maximum Gasteiger partial charge on any atom is 0.261 e. The van der Waals surface area contributed by atoms with Gasteiger partial charge in [-0.05, 0) is 6.42 Å². The standard InChI is InChI=1S/C3H6FN.CH4O3S/c4-2-1-3(2)5;1-5(2,3)4/h2-3H,1,5H2;1H3,(H,2,3,4)/t2-,3+;/m1./s1. The molecule has 6 heteroatoms. The quantitative estimate of drug-likeness (QED) is 0.484. The average molecular weight is 171 g/mol. The van der Waals surface area contributed by atoms with Crippen molar-refractivity contribution < 1.29 is 17.4 Å². The van der Waals surface area contributed by atoms with Gasteiger partial charge in [-0.2, -0.15) is 8.42 Å². The minimum absolute atomic E-state index is 0.116. The molecule has 4 nitrogen and oxygen atoms in total. The summed E-state index contributed by atoms with van der Waals surface area (Å²) in [5, 5.41) is 0. The molecule has 0 amide bonds. The molecule has 0 aliphatic heterocycles. The Morgan fingerprint density at radius 2 is 1.80 bits per heavy atom. The lowest BCUT2D eigenvalue weighted by Crippen LogP contribution is -2.00. The summed E-state index contributed by atoms with van der Waals surface area (Å²) in [6, 6.07) is -0.116. The summed E-state index contributed by atoms with van der Waals surface area (Å²) in [6.45, 7) is 0. The summed E-state index contributed by atoms with van der Waals surface area (Å²) >= 11 is 0. The first-order valence-electron chi connectivity index (χ1n) is 2.63. The summed E-state index contributed by atoms with van der Waals surface area (Å²) in [4.78, 5) is 0. The Hall–Kier alpha value is -0.200. The lowest BCUT2D eigenvalue weighted by Gasteiger charge is -1.69. The van der Waals surface area contributed by atoms with E-state index in [1.165, 1.54) is 0 Å². The number of rotatable bonds is 0. The normalized spacial score (nSPS) is 30.4. The van der Waals surface area contributed by atoms with Crippen molar-refractivity contribution in [2.75, 3.05) is 6.26 Å². The van der Waals surface area contributed by atoms with Crippen LogP contribution in [-0.4, -0.2) is 31.4 Å². The van der Waals surface area contributed by atoms with Crippen LogP contribution in [0.15, 0.2) is 0 Å². The zero-order valence-corrected chi connectivity index (χ0v) is 6.31. The zero-order chi connectivity index (χ0) is 8.36. The smallest absolute Gasteiger partial charge is 0.261 e. The molecule has 1 aliphatic rings. The van der Waals surface area contributed by atoms with Crippen LogP contribution in [0.4, 0.5) is 4.39 Å². The molecule has 0 unspecified atom stereocenters. The van der Waals surface area contributed by atoms with Gasteiger partial charge in [0.2, 0.25) is 0 Å². The van der Waals surface area contributed by atoms with E-state index in [9.17, 15) is 12.8 Å². The first-order valence-corrected chi connectivity index (χ1v) is 4.47. The Morgan fingerprint density at radius 3 is 1.80 bits per heavy atom. The molecule has 0 saturated heterocycles. The van der Waals surface area contributed by atoms with Crippen LogP contribution in [0.1, 0.15) is 6.42 Å². The fourth-order valence-electron chi connectivity index (χ4n) is 0.181. The van der Waals surface area contributed by atoms with E-state index in [2.05, 4.69) is 0 Å². The molecule has 0 aromatic rings. The molecule has 1 fully saturated rings. The van der Waals surface area contributed by atoms with Gasteiger partial charge >= 0.3 is 0 Å². The molecule has 0 heterocycles. The van der Waals surface area contributed by atoms with E-state index in [0.29, 0.717) is 12.7 Å². The molecular formula is C4H10FNO3S. The van der Waals surface area contributed by atoms with Gasteiger partial charge in [-0.25, -0.2) is 4.39 Å². The number of nitrogens with two attached hydrogens (primary N) is 1. The summed E-state index contributed by atoms with van der Waals surface area (Å²) in [7, 11) is -3.67. The van der Waals surface area contributed by atoms with E-state index in [4.69, 9.17) is 10.3 Å². The van der Waals surface area contributed by atoms with Crippen molar-refractivity contribution in [3.05, 3.63) is 0 Å². The van der Waals surface area contributed by atoms with Gasteiger partial charge in [0.15, 0.2) is 0 Å². The summed E-state index contributed by atoms with van der Waals surface area (Å²) in [5.74, 6) is 0. The van der Waals surface area contributed by atoms with Gasteiger partial charge in [-0.1, -0.05) is 0 Å². The van der Waals surface area contributed by atoms with Crippen LogP contribution in [0.25, 0.3) is 0 Å². The van der Waals surface area contributed by atoms with Crippen LogP contribution >= 0.6 is 0 Å². The zero-order valence-electron chi connectivity index (χ0n) is 5.49. The monoisotopic (exact) mass is 171 g/mol. The fourth-order valence-corrected chi connectivity index (χ4v) is 0.181. The Morgan fingerprint density at radius 1 is 1.70 bits per heavy atom. The van der Waals surface area contributed by atoms with Crippen LogP contribution in [0, 0.1) is 0 Å². The second kappa shape index (κ2) is 3.27. The molecule has 1 rings (SSSR count). The minimum atomic E-state index is -3.67. The summed E-state index contributed by atoms with van der Waals surface area (Å²) < 4.78 is 37.2. The molecule has 0 bridgehead atoms. The van der Waals surface area contributed by atoms with Crippen molar-refractivity contribution in [1.29, 1.82) is 0 Å². The third-order valence-electron chi connectivity index (χ3n) is 0.759. The lowest BCUT2D eigenvalue weighted by atomic mass is 10.8. The highest BCUT2D eigenvalue weighted by Gasteiger charge is 2.32. The first-order chi connectivity index (χ1) is 4.30. The van der Waals surface area contributed by atoms with Crippen LogP contribution < -0.4 is 5.73 Å². The molecule has 0 aromatic carbocycles. The maximum absolute atomic E-state index is 11.4. The molecule has 2 atom stereocenters. The Kier molecular flexibility index (Phi) is 3.20. The van der Waals surface area contributed by atoms with E-state index >= 15 is 0 Å². The summed E-state index contributed by atoms with van der Waals surface area (Å²) in [5.41, 5.74) is 4.99. The van der Waals surface area contributed by atoms with Gasteiger partial charge in [0.05, 0.1) is 6.26 Å². The van der Waals surface area contributed by atoms with Crippen molar-refractivity contribution in [1.82, 2.24) is 0 Å². The first kappa shape index (κ1) is 9.80. The molecule has 3 N–H and O–H groups in total. The van der Waals surface area contributed by atoms with E-state index in [-0.39, 0.29) is 6.04 Å². The van der Waals surface area contributed by atoms with Crippen molar-refractivity contribution in [2.45, 2.75) is 18.6 Å². The fraction of sp³-hybridized carbons (Fsp3) is 1.00. The van der Waals surface area contributed by atoms with Crippen molar-refractivity contribution in [3.8, 4) is 0 Å². The highest BCUT2D eigenvalue weighted by molar-refractivity contribution is 7.85. The van der Waals surface area contributed by atoms with Gasteiger partial charge in [-0.3, -0.25) is 4.55 Å². The molecular weight excluding hydrogens is 161 g/mol. The second-order valence-corrected chi connectivity index (χ2v) is 3.61. The van der Waals surface area contributed by atoms with Gasteiger partial charge < -0.3 is 5.73 Å². The molecule has 1 aliphatic carbocycles. The van der Waals surface area contributed by atoms with Gasteiger partial charge in [-0.15, -0.1) is 0 Å². The molecule has 1 saturated carbocycles. The number of halogens is 1. The van der Waals surface area contributed by atoms with Gasteiger partial charge in [0.25, 0.3) is 10.1 Å². The third-order valence-corrected chi connectivity index (χ3v) is 0.759. The summed E-state index contributed by atoms with van der Waals surface area (Å²) in [6.07, 6.45) is 0.627. The predicted molar refractivity (Wildman–Crippen MR) is 35.0 cm³/mol. The number of hydrogen-bond acceptors (Lipinski definition) is 3. The third kappa shape index (κ3) is 10.7. The molecule has 62 valence electrons. The van der Waals surface area contributed by atoms with E-state index in [1.54, 1.807) is 0 Å². The Bertz CT molecular complexity index is 177. The topological polar surface area (TPSA) is 80.4 Å². The van der Waals surface area contributed by atoms with Crippen LogP contribution in [0.3, 0.4) is 0 Å². The predicted octanol–water partition coefficient (Wildman–Crippen LogP) is -0.440. The maximum atomic E-state index is 11.4. The molecule has 0 radical (unpaired) electrons. The Labute approximate surface area is 59.0 Å². The van der Waals surface area contributed by atoms with Crippen LogP contribution in [0.2, 0.25) is 0 Å². The van der Waals surface area contributed by atoms with E-state index in [1.807, 2.05) is 0 Å². The van der Waals surface area contributed by atoms with Crippen LogP contribution in [-0.2, 0) is 10.1 Å². The van der Waals surface area contributed by atoms with E-state index in [0.717, 1.165) is 0 Å². The van der Waals surface area contributed by atoms with Crippen molar-refractivity contribution in [3.63, 3.8) is 0 Å². The SMILES string of the molecule is CS(=O)(=O)O.N[C@H]1C[C@H]1F. The Balaban J connectivity index is 0.000000162. The van der Waals surface area contributed by atoms with Gasteiger partial charge in [0.1, 0.15) is 6.17 Å². The largest absolute Gasteiger partial charge is 0.325 e. The molecule has 10 heavy (non-hydrogen) atoms. The number of alkyl halides is 1. The second-order valence-electron chi connectivity index (χ2n) is 2.15. The lowest BCUT2D eigenvalue weighted by molar-refractivity contribution is 0.467. The molecule has 0 spiro atoms.